The number of aliphatic hydroxyl groups excluding tert-OH is 1. The van der Waals surface area contributed by atoms with Gasteiger partial charge in [-0.3, -0.25) is 19.2 Å². The fraction of sp³-hybridized carbons (Fsp3) is 0.781. The Morgan fingerprint density at radius 1 is 0.818 bits per heavy atom. The van der Waals surface area contributed by atoms with Crippen LogP contribution in [-0.4, -0.2) is 76.5 Å². The molecule has 1 aromatic heterocycles. The van der Waals surface area contributed by atoms with E-state index in [1.807, 2.05) is 54.7 Å². The average molecular weight is 640 g/mol. The number of aliphatic hydroxyl groups is 1. The van der Waals surface area contributed by atoms with Crippen LogP contribution in [0.5, 0.6) is 0 Å². The Bertz CT molecular complexity index is 1080. The molecule has 1 aromatic rings. The molecule has 0 radical (unpaired) electrons. The number of rotatable bonds is 19. The molecule has 6 atom stereocenters. The average Bonchev–Trinajstić information content (AvgIpc) is 3.24. The molecule has 252 valence electrons. The molecule has 0 fully saturated rings. The van der Waals surface area contributed by atoms with Gasteiger partial charge in [0, 0.05) is 37.5 Å². The molecule has 5 N–H and O–H groups in total. The number of carbonyl (C=O) groups is 4. The molecular formula is C32H57N5O6S. The molecule has 0 aliphatic heterocycles. The van der Waals surface area contributed by atoms with Gasteiger partial charge in [0.05, 0.1) is 17.8 Å². The minimum atomic E-state index is -1.02. The van der Waals surface area contributed by atoms with Gasteiger partial charge in [0.1, 0.15) is 17.8 Å². The summed E-state index contributed by atoms with van der Waals surface area (Å²) in [6.45, 7) is 19.3. The third kappa shape index (κ3) is 13.6. The van der Waals surface area contributed by atoms with E-state index in [0.29, 0.717) is 42.5 Å². The largest absolute Gasteiger partial charge is 0.446 e. The number of amides is 4. The Labute approximate surface area is 268 Å². The molecule has 0 aliphatic carbocycles. The Balaban J connectivity index is 2.91. The normalized spacial score (nSPS) is 15.8. The molecule has 1 rings (SSSR count). The molecule has 0 bridgehead atoms. The number of hydrogen-bond acceptors (Lipinski definition) is 8. The van der Waals surface area contributed by atoms with Crippen LogP contribution in [0.3, 0.4) is 0 Å². The summed E-state index contributed by atoms with van der Waals surface area (Å²) in [6.07, 6.45) is 1.79. The van der Waals surface area contributed by atoms with Gasteiger partial charge in [-0.1, -0.05) is 55.4 Å². The van der Waals surface area contributed by atoms with Crippen LogP contribution in [0.25, 0.3) is 0 Å². The number of thioether (sulfide) groups is 1. The van der Waals surface area contributed by atoms with Gasteiger partial charge in [0.25, 0.3) is 0 Å². The van der Waals surface area contributed by atoms with E-state index in [2.05, 4.69) is 26.3 Å². The Morgan fingerprint density at radius 2 is 1.43 bits per heavy atom. The van der Waals surface area contributed by atoms with Gasteiger partial charge in [0.15, 0.2) is 5.89 Å². The Hall–Kier alpha value is -2.60. The predicted molar refractivity (Wildman–Crippen MR) is 175 cm³/mol. The molecule has 1 heterocycles. The van der Waals surface area contributed by atoms with Crippen LogP contribution in [0, 0.1) is 43.4 Å². The first kappa shape index (κ1) is 39.4. The highest BCUT2D eigenvalue weighted by Gasteiger charge is 2.32. The van der Waals surface area contributed by atoms with E-state index in [0.717, 1.165) is 0 Å². The van der Waals surface area contributed by atoms with E-state index in [1.165, 1.54) is 11.8 Å². The molecule has 0 saturated heterocycles. The second-order valence-corrected chi connectivity index (χ2v) is 14.1. The van der Waals surface area contributed by atoms with Gasteiger partial charge in [-0.2, -0.15) is 11.8 Å². The summed E-state index contributed by atoms with van der Waals surface area (Å²) in [5.74, 6) is -0.409. The highest BCUT2D eigenvalue weighted by Crippen LogP contribution is 2.18. The monoisotopic (exact) mass is 639 g/mol. The maximum absolute atomic E-state index is 13.4. The van der Waals surface area contributed by atoms with Gasteiger partial charge in [-0.05, 0) is 43.8 Å². The fourth-order valence-corrected chi connectivity index (χ4v) is 5.36. The topological polar surface area (TPSA) is 163 Å². The van der Waals surface area contributed by atoms with Crippen LogP contribution in [0.1, 0.15) is 85.6 Å². The number of aryl methyl sites for hydroxylation is 2. The Morgan fingerprint density at radius 3 is 1.93 bits per heavy atom. The minimum absolute atomic E-state index is 0.0922. The third-order valence-corrected chi connectivity index (χ3v) is 8.07. The number of aromatic nitrogens is 1. The zero-order valence-corrected chi connectivity index (χ0v) is 29.4. The summed E-state index contributed by atoms with van der Waals surface area (Å²) in [4.78, 5) is 56.6. The van der Waals surface area contributed by atoms with Crippen molar-refractivity contribution in [3.05, 3.63) is 17.3 Å². The van der Waals surface area contributed by atoms with Crippen molar-refractivity contribution in [1.82, 2.24) is 26.3 Å². The molecule has 0 aliphatic rings. The lowest BCUT2D eigenvalue weighted by molar-refractivity contribution is -0.133. The van der Waals surface area contributed by atoms with E-state index < -0.39 is 42.0 Å². The van der Waals surface area contributed by atoms with Gasteiger partial charge in [-0.15, -0.1) is 0 Å². The summed E-state index contributed by atoms with van der Waals surface area (Å²) < 4.78 is 5.47. The molecule has 11 nitrogen and oxygen atoms in total. The summed E-state index contributed by atoms with van der Waals surface area (Å²) in [5, 5.41) is 22.8. The third-order valence-electron chi connectivity index (χ3n) is 7.40. The minimum Gasteiger partial charge on any atom is -0.446 e. The second kappa shape index (κ2) is 19.0. The number of nitrogens with one attached hydrogen (secondary N) is 4. The van der Waals surface area contributed by atoms with Crippen LogP contribution < -0.4 is 21.3 Å². The number of nitrogens with zero attached hydrogens (tertiary/aromatic N) is 1. The van der Waals surface area contributed by atoms with Crippen LogP contribution in [0.2, 0.25) is 0 Å². The molecule has 0 saturated carbocycles. The number of carbonyl (C=O) groups excluding carboxylic acids is 4. The van der Waals surface area contributed by atoms with Crippen molar-refractivity contribution in [1.29, 1.82) is 0 Å². The zero-order valence-electron chi connectivity index (χ0n) is 28.6. The lowest BCUT2D eigenvalue weighted by atomic mass is 9.91. The van der Waals surface area contributed by atoms with Crippen molar-refractivity contribution in [3.63, 3.8) is 0 Å². The van der Waals surface area contributed by atoms with Crippen molar-refractivity contribution < 1.29 is 28.7 Å². The lowest BCUT2D eigenvalue weighted by Gasteiger charge is -2.30. The van der Waals surface area contributed by atoms with Gasteiger partial charge >= 0.3 is 0 Å². The van der Waals surface area contributed by atoms with E-state index in [4.69, 9.17) is 4.42 Å². The summed E-state index contributed by atoms with van der Waals surface area (Å²) >= 11 is 1.43. The maximum Gasteiger partial charge on any atom is 0.243 e. The van der Waals surface area contributed by atoms with Crippen LogP contribution in [0.4, 0.5) is 0 Å². The maximum atomic E-state index is 13.4. The molecule has 0 unspecified atom stereocenters. The van der Waals surface area contributed by atoms with Crippen LogP contribution in [-0.2, 0) is 25.6 Å². The predicted octanol–water partition coefficient (Wildman–Crippen LogP) is 3.15. The van der Waals surface area contributed by atoms with E-state index in [1.54, 1.807) is 20.8 Å². The van der Waals surface area contributed by atoms with Crippen molar-refractivity contribution in [2.75, 3.05) is 18.6 Å². The SMILES string of the molecule is CSC[C@H](NC(=O)[C@@H](C)Cc1nc(C)oc1C)C(=O)N[C@@H](CC(C)C)[C@@H](O)C[C@@H](C)C(=O)N[C@H](C(=O)NCC(C)C)C(C)C. The summed E-state index contributed by atoms with van der Waals surface area (Å²) in [6, 6.07) is -2.13. The van der Waals surface area contributed by atoms with Crippen LogP contribution >= 0.6 is 11.8 Å². The smallest absolute Gasteiger partial charge is 0.243 e. The molecule has 0 aromatic carbocycles. The molecular weight excluding hydrogens is 582 g/mol. The van der Waals surface area contributed by atoms with Crippen molar-refractivity contribution in [2.24, 2.45) is 29.6 Å². The van der Waals surface area contributed by atoms with Gasteiger partial charge in [-0.25, -0.2) is 4.98 Å². The van der Waals surface area contributed by atoms with E-state index >= 15 is 0 Å². The zero-order chi connectivity index (χ0) is 33.7. The highest BCUT2D eigenvalue weighted by atomic mass is 32.2. The number of oxazole rings is 1. The van der Waals surface area contributed by atoms with Crippen molar-refractivity contribution in [3.8, 4) is 0 Å². The molecule has 44 heavy (non-hydrogen) atoms. The summed E-state index contributed by atoms with van der Waals surface area (Å²) in [7, 11) is 0. The quantitative estimate of drug-likeness (QED) is 0.154. The fourth-order valence-electron chi connectivity index (χ4n) is 4.79. The highest BCUT2D eigenvalue weighted by molar-refractivity contribution is 7.98. The second-order valence-electron chi connectivity index (χ2n) is 13.2. The first-order valence-electron chi connectivity index (χ1n) is 15.7. The Kier molecular flexibility index (Phi) is 17.1. The molecule has 0 spiro atoms. The van der Waals surface area contributed by atoms with Gasteiger partial charge in [0.2, 0.25) is 23.6 Å². The first-order valence-corrected chi connectivity index (χ1v) is 17.1. The van der Waals surface area contributed by atoms with E-state index in [-0.39, 0.29) is 41.9 Å². The van der Waals surface area contributed by atoms with Gasteiger partial charge < -0.3 is 30.8 Å². The molecule has 4 amide bonds. The lowest BCUT2D eigenvalue weighted by Crippen LogP contribution is -2.55. The van der Waals surface area contributed by atoms with Crippen molar-refractivity contribution in [2.45, 2.75) is 113 Å². The van der Waals surface area contributed by atoms with Crippen LogP contribution in [0.15, 0.2) is 4.42 Å². The summed E-state index contributed by atoms with van der Waals surface area (Å²) in [5.41, 5.74) is 0.713. The number of hydrogen-bond donors (Lipinski definition) is 5. The molecule has 12 heteroatoms. The first-order chi connectivity index (χ1) is 20.5. The van der Waals surface area contributed by atoms with Crippen molar-refractivity contribution >= 4 is 35.4 Å². The van der Waals surface area contributed by atoms with E-state index in [9.17, 15) is 24.3 Å². The standard InChI is InChI=1S/C32H57N5O6S/c1-17(2)12-25(27(38)14-21(8)30(40)37-28(19(5)6)32(42)33-15-18(3)4)35-31(41)26(16-44-11)36-29(39)20(7)13-24-22(9)43-23(10)34-24/h17-21,25-28,38H,12-16H2,1-11H3,(H,33,42)(H,35,41)(H,36,39)(H,37,40)/t20-,21+,25-,26-,27-,28-/m0/s1.